The molecule has 1 aliphatic carbocycles. The number of anilines is 3. The fourth-order valence-electron chi connectivity index (χ4n) is 5.13. The number of fused-ring (bicyclic) bond motifs is 3. The van der Waals surface area contributed by atoms with Crippen molar-refractivity contribution in [1.82, 2.24) is 0 Å². The molecule has 0 bridgehead atoms. The van der Waals surface area contributed by atoms with Crippen molar-refractivity contribution in [1.29, 1.82) is 0 Å². The number of para-hydroxylation sites is 1. The summed E-state index contributed by atoms with van der Waals surface area (Å²) < 4.78 is 0. The summed E-state index contributed by atoms with van der Waals surface area (Å²) in [7, 11) is 0. The van der Waals surface area contributed by atoms with E-state index in [0.29, 0.717) is 0 Å². The number of benzene rings is 2. The van der Waals surface area contributed by atoms with Crippen LogP contribution in [0.4, 0.5) is 17.1 Å². The number of hydrogen-bond donors (Lipinski definition) is 0. The standard InChI is InChI=1S/C25H32N2S/c1-23(2,3)27-15-26-19-13-16-17(25(6,7)12-11-24(16,4)5)14-21(19)28-20-10-8-9-18(27)22(20)26/h8-10,13-14H,11-12,15H2,1-7H3. The van der Waals surface area contributed by atoms with Gasteiger partial charge in [-0.3, -0.25) is 0 Å². The molecule has 28 heavy (non-hydrogen) atoms. The van der Waals surface area contributed by atoms with Gasteiger partial charge in [0.2, 0.25) is 0 Å². The van der Waals surface area contributed by atoms with Crippen LogP contribution in [-0.2, 0) is 10.8 Å². The normalized spacial score (nSPS) is 21.2. The summed E-state index contributed by atoms with van der Waals surface area (Å²) in [6.07, 6.45) is 2.52. The summed E-state index contributed by atoms with van der Waals surface area (Å²) in [5, 5.41) is 0. The Morgan fingerprint density at radius 3 is 2.14 bits per heavy atom. The predicted molar refractivity (Wildman–Crippen MR) is 122 cm³/mol. The molecule has 0 spiro atoms. The van der Waals surface area contributed by atoms with Gasteiger partial charge in [-0.2, -0.15) is 0 Å². The van der Waals surface area contributed by atoms with Crippen molar-refractivity contribution in [2.75, 3.05) is 16.5 Å². The van der Waals surface area contributed by atoms with Crippen LogP contribution in [0.15, 0.2) is 40.1 Å². The van der Waals surface area contributed by atoms with E-state index < -0.39 is 0 Å². The lowest BCUT2D eigenvalue weighted by atomic mass is 9.63. The molecule has 0 aromatic heterocycles. The van der Waals surface area contributed by atoms with Crippen LogP contribution in [0.3, 0.4) is 0 Å². The molecule has 5 rings (SSSR count). The van der Waals surface area contributed by atoms with E-state index in [2.05, 4.69) is 88.6 Å². The molecule has 0 saturated heterocycles. The van der Waals surface area contributed by atoms with E-state index in [1.807, 2.05) is 11.8 Å². The molecular formula is C25H32N2S. The molecule has 0 radical (unpaired) electrons. The van der Waals surface area contributed by atoms with Crippen molar-refractivity contribution >= 4 is 28.8 Å². The lowest BCUT2D eigenvalue weighted by Crippen LogP contribution is -2.43. The van der Waals surface area contributed by atoms with Crippen molar-refractivity contribution < 1.29 is 0 Å². The van der Waals surface area contributed by atoms with E-state index >= 15 is 0 Å². The summed E-state index contributed by atoms with van der Waals surface area (Å²) in [4.78, 5) is 7.94. The van der Waals surface area contributed by atoms with Crippen LogP contribution in [0.5, 0.6) is 0 Å². The van der Waals surface area contributed by atoms with Gasteiger partial charge in [-0.15, -0.1) is 0 Å². The third-order valence-corrected chi connectivity index (χ3v) is 8.17. The summed E-state index contributed by atoms with van der Waals surface area (Å²) >= 11 is 1.96. The lowest BCUT2D eigenvalue weighted by Gasteiger charge is -2.43. The van der Waals surface area contributed by atoms with Crippen LogP contribution in [0.2, 0.25) is 0 Å². The second kappa shape index (κ2) is 5.50. The zero-order valence-electron chi connectivity index (χ0n) is 18.3. The van der Waals surface area contributed by atoms with Crippen LogP contribution < -0.4 is 9.80 Å². The Bertz CT molecular complexity index is 981. The molecule has 2 aromatic carbocycles. The van der Waals surface area contributed by atoms with E-state index in [1.165, 1.54) is 39.7 Å². The predicted octanol–water partition coefficient (Wildman–Crippen LogP) is 7.21. The molecule has 0 N–H and O–H groups in total. The van der Waals surface area contributed by atoms with Gasteiger partial charge in [-0.1, -0.05) is 45.5 Å². The fourth-order valence-corrected chi connectivity index (χ4v) is 6.28. The number of nitrogens with zero attached hydrogens (tertiary/aromatic N) is 2. The van der Waals surface area contributed by atoms with Crippen molar-refractivity contribution in [3.63, 3.8) is 0 Å². The van der Waals surface area contributed by atoms with Crippen molar-refractivity contribution in [2.45, 2.75) is 87.5 Å². The number of rotatable bonds is 0. The van der Waals surface area contributed by atoms with E-state index in [-0.39, 0.29) is 16.4 Å². The Kier molecular flexibility index (Phi) is 3.62. The molecule has 2 aliphatic heterocycles. The van der Waals surface area contributed by atoms with Crippen LogP contribution in [0, 0.1) is 0 Å². The molecule has 3 heteroatoms. The summed E-state index contributed by atoms with van der Waals surface area (Å²) in [6.45, 7) is 17.6. The number of hydrogen-bond acceptors (Lipinski definition) is 3. The fraction of sp³-hybridized carbons (Fsp3) is 0.520. The molecule has 0 amide bonds. The van der Waals surface area contributed by atoms with Gasteiger partial charge in [-0.25, -0.2) is 0 Å². The first-order valence-corrected chi connectivity index (χ1v) is 11.4. The third-order valence-electron chi connectivity index (χ3n) is 7.07. The van der Waals surface area contributed by atoms with Gasteiger partial charge < -0.3 is 9.80 Å². The second-order valence-corrected chi connectivity index (χ2v) is 12.1. The van der Waals surface area contributed by atoms with Gasteiger partial charge in [0.15, 0.2) is 0 Å². The average Bonchev–Trinajstić information content (AvgIpc) is 3.00. The highest BCUT2D eigenvalue weighted by Gasteiger charge is 2.42. The maximum Gasteiger partial charge on any atom is 0.0958 e. The molecule has 2 aromatic rings. The van der Waals surface area contributed by atoms with Crippen molar-refractivity contribution in [3.05, 3.63) is 41.5 Å². The quantitative estimate of drug-likeness (QED) is 0.467. The Labute approximate surface area is 174 Å². The van der Waals surface area contributed by atoms with Crippen LogP contribution >= 0.6 is 11.8 Å². The van der Waals surface area contributed by atoms with Crippen LogP contribution in [0.25, 0.3) is 0 Å². The van der Waals surface area contributed by atoms with Gasteiger partial charge in [0.05, 0.1) is 23.7 Å². The minimum Gasteiger partial charge on any atom is -0.347 e. The molecule has 148 valence electrons. The SMILES string of the molecule is CC1(C)CCC(C)(C)c2cc3c(cc21)Sc1cccc2c1N3CN2C(C)(C)C. The van der Waals surface area contributed by atoms with Crippen molar-refractivity contribution in [3.8, 4) is 0 Å². The first kappa shape index (κ1) is 18.4. The van der Waals surface area contributed by atoms with Gasteiger partial charge in [0, 0.05) is 15.3 Å². The minimum absolute atomic E-state index is 0.104. The topological polar surface area (TPSA) is 6.48 Å². The summed E-state index contributed by atoms with van der Waals surface area (Å²) in [6, 6.07) is 11.9. The molecular weight excluding hydrogens is 360 g/mol. The highest BCUT2D eigenvalue weighted by atomic mass is 32.2. The smallest absolute Gasteiger partial charge is 0.0958 e. The monoisotopic (exact) mass is 392 g/mol. The second-order valence-electron chi connectivity index (χ2n) is 11.0. The molecule has 0 unspecified atom stereocenters. The van der Waals surface area contributed by atoms with E-state index in [0.717, 1.165) is 6.67 Å². The maximum absolute atomic E-state index is 2.57. The van der Waals surface area contributed by atoms with E-state index in [9.17, 15) is 0 Å². The molecule has 2 heterocycles. The molecule has 0 atom stereocenters. The molecule has 0 fully saturated rings. The zero-order valence-corrected chi connectivity index (χ0v) is 19.1. The molecule has 2 nitrogen and oxygen atoms in total. The average molecular weight is 393 g/mol. The van der Waals surface area contributed by atoms with E-state index in [4.69, 9.17) is 0 Å². The zero-order chi connectivity index (χ0) is 20.1. The first-order chi connectivity index (χ1) is 13.0. The third kappa shape index (κ3) is 2.48. The molecule has 0 saturated carbocycles. The largest absolute Gasteiger partial charge is 0.347 e. The Morgan fingerprint density at radius 2 is 1.50 bits per heavy atom. The van der Waals surface area contributed by atoms with Gasteiger partial charge >= 0.3 is 0 Å². The van der Waals surface area contributed by atoms with Crippen molar-refractivity contribution in [2.24, 2.45) is 0 Å². The Morgan fingerprint density at radius 1 is 0.857 bits per heavy atom. The highest BCUT2D eigenvalue weighted by Crippen LogP contribution is 2.58. The Balaban J connectivity index is 1.72. The lowest BCUT2D eigenvalue weighted by molar-refractivity contribution is 0.331. The minimum atomic E-state index is 0.104. The summed E-state index contributed by atoms with van der Waals surface area (Å²) in [5.41, 5.74) is 7.90. The van der Waals surface area contributed by atoms with Gasteiger partial charge in [0.1, 0.15) is 0 Å². The molecule has 3 aliphatic rings. The van der Waals surface area contributed by atoms with Gasteiger partial charge in [-0.05, 0) is 79.8 Å². The van der Waals surface area contributed by atoms with E-state index in [1.54, 1.807) is 11.1 Å². The van der Waals surface area contributed by atoms with Crippen LogP contribution in [0.1, 0.15) is 72.4 Å². The maximum atomic E-state index is 2.57. The Hall–Kier alpha value is -1.61. The van der Waals surface area contributed by atoms with Gasteiger partial charge in [0.25, 0.3) is 0 Å². The summed E-state index contributed by atoms with van der Waals surface area (Å²) in [5.74, 6) is 0. The highest BCUT2D eigenvalue weighted by molar-refractivity contribution is 7.99. The first-order valence-electron chi connectivity index (χ1n) is 10.5. The van der Waals surface area contributed by atoms with Crippen LogP contribution in [-0.4, -0.2) is 12.2 Å².